The van der Waals surface area contributed by atoms with Gasteiger partial charge in [-0.2, -0.15) is 0 Å². The van der Waals surface area contributed by atoms with E-state index in [1.165, 1.54) is 0 Å². The van der Waals surface area contributed by atoms with Crippen LogP contribution in [0.15, 0.2) is 22.8 Å². The van der Waals surface area contributed by atoms with E-state index in [0.717, 1.165) is 25.3 Å². The number of rotatable bonds is 2. The van der Waals surface area contributed by atoms with Gasteiger partial charge in [0, 0.05) is 13.1 Å². The monoisotopic (exact) mass is 181 g/mol. The predicted molar refractivity (Wildman–Crippen MR) is 49.3 cm³/mol. The van der Waals surface area contributed by atoms with Gasteiger partial charge in [-0.3, -0.25) is 4.90 Å². The minimum Gasteiger partial charge on any atom is -0.468 e. The number of hydrogen-bond donors (Lipinski definition) is 1. The molecule has 0 bridgehead atoms. The predicted octanol–water partition coefficient (Wildman–Crippen LogP) is 1.41. The smallest absolute Gasteiger partial charge is 0.120 e. The number of aliphatic hydroxyl groups excluding tert-OH is 1. The quantitative estimate of drug-likeness (QED) is 0.749. The standard InChI is InChI=1S/C10H15NO2/c1-8(10-3-2-6-13-10)11-5-4-9(12)7-11/h2-3,6,8-9,12H,4-5,7H2,1H3/t8-,9+/m0/s1. The van der Waals surface area contributed by atoms with Gasteiger partial charge in [-0.15, -0.1) is 0 Å². The third-order valence-corrected chi connectivity index (χ3v) is 2.70. The van der Waals surface area contributed by atoms with Gasteiger partial charge >= 0.3 is 0 Å². The normalized spacial score (nSPS) is 26.5. The first-order chi connectivity index (χ1) is 6.27. The summed E-state index contributed by atoms with van der Waals surface area (Å²) in [6.45, 7) is 3.84. The molecular formula is C10H15NO2. The van der Waals surface area contributed by atoms with Crippen molar-refractivity contribution in [1.29, 1.82) is 0 Å². The molecule has 72 valence electrons. The van der Waals surface area contributed by atoms with Crippen LogP contribution in [0.4, 0.5) is 0 Å². The molecule has 1 aromatic rings. The van der Waals surface area contributed by atoms with Gasteiger partial charge in [0.15, 0.2) is 0 Å². The lowest BCUT2D eigenvalue weighted by Crippen LogP contribution is -2.25. The summed E-state index contributed by atoms with van der Waals surface area (Å²) < 4.78 is 5.32. The molecule has 0 radical (unpaired) electrons. The van der Waals surface area contributed by atoms with Gasteiger partial charge in [0.25, 0.3) is 0 Å². The highest BCUT2D eigenvalue weighted by Gasteiger charge is 2.26. The zero-order valence-corrected chi connectivity index (χ0v) is 7.81. The van der Waals surface area contributed by atoms with Crippen molar-refractivity contribution in [2.45, 2.75) is 25.5 Å². The second kappa shape index (κ2) is 3.52. The maximum Gasteiger partial charge on any atom is 0.120 e. The molecule has 0 aromatic carbocycles. The van der Waals surface area contributed by atoms with Gasteiger partial charge in [0.1, 0.15) is 5.76 Å². The van der Waals surface area contributed by atoms with Gasteiger partial charge in [-0.25, -0.2) is 0 Å². The zero-order chi connectivity index (χ0) is 9.26. The topological polar surface area (TPSA) is 36.6 Å². The number of aliphatic hydroxyl groups is 1. The Kier molecular flexibility index (Phi) is 2.38. The molecule has 1 fully saturated rings. The minimum atomic E-state index is -0.155. The lowest BCUT2D eigenvalue weighted by Gasteiger charge is -2.21. The Bertz CT molecular complexity index is 258. The Morgan fingerprint density at radius 3 is 3.08 bits per heavy atom. The first-order valence-electron chi connectivity index (χ1n) is 4.73. The molecule has 1 N–H and O–H groups in total. The fourth-order valence-corrected chi connectivity index (χ4v) is 1.83. The molecule has 2 atom stereocenters. The highest BCUT2D eigenvalue weighted by molar-refractivity contribution is 5.04. The Balaban J connectivity index is 2.02. The third kappa shape index (κ3) is 1.76. The van der Waals surface area contributed by atoms with Crippen molar-refractivity contribution in [2.75, 3.05) is 13.1 Å². The van der Waals surface area contributed by atoms with Gasteiger partial charge in [-0.05, 0) is 25.5 Å². The van der Waals surface area contributed by atoms with Crippen LogP contribution in [-0.2, 0) is 0 Å². The van der Waals surface area contributed by atoms with Crippen molar-refractivity contribution < 1.29 is 9.52 Å². The van der Waals surface area contributed by atoms with E-state index in [1.54, 1.807) is 6.26 Å². The number of furan rings is 1. The van der Waals surface area contributed by atoms with E-state index < -0.39 is 0 Å². The average Bonchev–Trinajstić information content (AvgIpc) is 2.72. The molecule has 1 aliphatic heterocycles. The molecule has 0 amide bonds. The summed E-state index contributed by atoms with van der Waals surface area (Å²) in [4.78, 5) is 2.24. The molecule has 1 aromatic heterocycles. The van der Waals surface area contributed by atoms with Crippen LogP contribution >= 0.6 is 0 Å². The van der Waals surface area contributed by atoms with E-state index in [0.29, 0.717) is 0 Å². The summed E-state index contributed by atoms with van der Waals surface area (Å²) in [6.07, 6.45) is 2.42. The van der Waals surface area contributed by atoms with Crippen LogP contribution in [0.5, 0.6) is 0 Å². The van der Waals surface area contributed by atoms with Crippen LogP contribution in [0, 0.1) is 0 Å². The Labute approximate surface area is 78.0 Å². The summed E-state index contributed by atoms with van der Waals surface area (Å²) in [5.74, 6) is 0.981. The van der Waals surface area contributed by atoms with Gasteiger partial charge in [0.2, 0.25) is 0 Å². The van der Waals surface area contributed by atoms with Gasteiger partial charge in [0.05, 0.1) is 18.4 Å². The first-order valence-corrected chi connectivity index (χ1v) is 4.73. The maximum atomic E-state index is 9.37. The van der Waals surface area contributed by atoms with Crippen molar-refractivity contribution in [3.05, 3.63) is 24.2 Å². The maximum absolute atomic E-state index is 9.37. The van der Waals surface area contributed by atoms with E-state index in [2.05, 4.69) is 11.8 Å². The highest BCUT2D eigenvalue weighted by atomic mass is 16.3. The highest BCUT2D eigenvalue weighted by Crippen LogP contribution is 2.24. The molecule has 13 heavy (non-hydrogen) atoms. The molecule has 0 unspecified atom stereocenters. The molecule has 3 heteroatoms. The summed E-state index contributed by atoms with van der Waals surface area (Å²) in [5, 5.41) is 9.37. The van der Waals surface area contributed by atoms with Crippen molar-refractivity contribution in [3.8, 4) is 0 Å². The van der Waals surface area contributed by atoms with E-state index in [4.69, 9.17) is 4.42 Å². The van der Waals surface area contributed by atoms with Crippen molar-refractivity contribution >= 4 is 0 Å². The van der Waals surface area contributed by atoms with E-state index in [-0.39, 0.29) is 12.1 Å². The average molecular weight is 181 g/mol. The Morgan fingerprint density at radius 1 is 1.69 bits per heavy atom. The van der Waals surface area contributed by atoms with Crippen LogP contribution in [0.3, 0.4) is 0 Å². The molecule has 0 aliphatic carbocycles. The summed E-state index contributed by atoms with van der Waals surface area (Å²) in [5.41, 5.74) is 0. The minimum absolute atomic E-state index is 0.155. The zero-order valence-electron chi connectivity index (χ0n) is 7.81. The molecule has 0 saturated carbocycles. The number of β-amino-alcohol motifs (C(OH)–C–C–N with tert-alkyl or cyclic N) is 1. The molecule has 1 saturated heterocycles. The van der Waals surface area contributed by atoms with Crippen LogP contribution in [0.25, 0.3) is 0 Å². The van der Waals surface area contributed by atoms with E-state index >= 15 is 0 Å². The summed E-state index contributed by atoms with van der Waals surface area (Å²) in [7, 11) is 0. The number of likely N-dealkylation sites (tertiary alicyclic amines) is 1. The Hall–Kier alpha value is -0.800. The van der Waals surface area contributed by atoms with Crippen LogP contribution in [-0.4, -0.2) is 29.2 Å². The second-order valence-electron chi connectivity index (χ2n) is 3.63. The molecule has 0 spiro atoms. The fourth-order valence-electron chi connectivity index (χ4n) is 1.83. The molecule has 2 rings (SSSR count). The van der Waals surface area contributed by atoms with Crippen molar-refractivity contribution in [1.82, 2.24) is 4.90 Å². The SMILES string of the molecule is C[C@@H](c1ccco1)N1CC[C@@H](O)C1. The van der Waals surface area contributed by atoms with E-state index in [9.17, 15) is 5.11 Å². The van der Waals surface area contributed by atoms with Crippen LogP contribution in [0.2, 0.25) is 0 Å². The second-order valence-corrected chi connectivity index (χ2v) is 3.63. The van der Waals surface area contributed by atoms with E-state index in [1.807, 2.05) is 12.1 Å². The molecule has 1 aliphatic rings. The summed E-state index contributed by atoms with van der Waals surface area (Å²) >= 11 is 0. The molecule has 2 heterocycles. The number of hydrogen-bond acceptors (Lipinski definition) is 3. The Morgan fingerprint density at radius 2 is 2.54 bits per heavy atom. The lowest BCUT2D eigenvalue weighted by molar-refractivity contribution is 0.156. The fraction of sp³-hybridized carbons (Fsp3) is 0.600. The molecular weight excluding hydrogens is 166 g/mol. The molecule has 3 nitrogen and oxygen atoms in total. The van der Waals surface area contributed by atoms with Crippen LogP contribution in [0.1, 0.15) is 25.1 Å². The van der Waals surface area contributed by atoms with Gasteiger partial charge < -0.3 is 9.52 Å². The van der Waals surface area contributed by atoms with Crippen molar-refractivity contribution in [3.63, 3.8) is 0 Å². The van der Waals surface area contributed by atoms with Crippen LogP contribution < -0.4 is 0 Å². The number of nitrogens with zero attached hydrogens (tertiary/aromatic N) is 1. The van der Waals surface area contributed by atoms with Crippen molar-refractivity contribution in [2.24, 2.45) is 0 Å². The summed E-state index contributed by atoms with van der Waals surface area (Å²) in [6, 6.07) is 4.17. The third-order valence-electron chi connectivity index (χ3n) is 2.70. The largest absolute Gasteiger partial charge is 0.468 e. The lowest BCUT2D eigenvalue weighted by atomic mass is 10.2. The first kappa shape index (κ1) is 8.78. The van der Waals surface area contributed by atoms with Gasteiger partial charge in [-0.1, -0.05) is 0 Å².